The van der Waals surface area contributed by atoms with Gasteiger partial charge in [-0.25, -0.2) is 4.98 Å². The maximum atomic E-state index is 12.5. The minimum atomic E-state index is -4.51. The van der Waals surface area contributed by atoms with Crippen LogP contribution in [-0.4, -0.2) is 35.6 Å². The monoisotopic (exact) mass is 266 g/mol. The van der Waals surface area contributed by atoms with Crippen LogP contribution in [0.2, 0.25) is 0 Å². The lowest BCUT2D eigenvalue weighted by atomic mass is 10.3. The molecule has 0 fully saturated rings. The molecule has 0 saturated heterocycles. The highest BCUT2D eigenvalue weighted by atomic mass is 32.2. The molecule has 0 unspecified atom stereocenters. The molecule has 0 spiro atoms. The third kappa shape index (κ3) is 3.95. The third-order valence-corrected chi connectivity index (χ3v) is 2.63. The van der Waals surface area contributed by atoms with E-state index in [0.717, 1.165) is 11.8 Å². The Morgan fingerprint density at radius 3 is 2.59 bits per heavy atom. The zero-order valence-corrected chi connectivity index (χ0v) is 10.3. The van der Waals surface area contributed by atoms with E-state index >= 15 is 0 Å². The molecule has 0 aromatic carbocycles. The van der Waals surface area contributed by atoms with Crippen molar-refractivity contribution in [3.05, 3.63) is 11.8 Å². The number of nitrogens with two attached hydrogens (primary N) is 1. The van der Waals surface area contributed by atoms with E-state index in [0.29, 0.717) is 6.54 Å². The van der Waals surface area contributed by atoms with Crippen molar-refractivity contribution in [3.63, 3.8) is 0 Å². The molecule has 17 heavy (non-hydrogen) atoms. The average Bonchev–Trinajstić information content (AvgIpc) is 2.23. The van der Waals surface area contributed by atoms with Crippen molar-refractivity contribution in [2.75, 3.05) is 36.2 Å². The topological polar surface area (TPSA) is 55.0 Å². The fraction of sp³-hybridized carbons (Fsp3) is 0.556. The Morgan fingerprint density at radius 1 is 1.41 bits per heavy atom. The summed E-state index contributed by atoms with van der Waals surface area (Å²) in [5.41, 5.74) is 4.25. The number of thioether (sulfide) groups is 1. The molecule has 1 aromatic heterocycles. The Morgan fingerprint density at radius 2 is 2.06 bits per heavy atom. The van der Waals surface area contributed by atoms with Gasteiger partial charge in [0.2, 0.25) is 5.95 Å². The van der Waals surface area contributed by atoms with E-state index in [1.807, 2.05) is 6.26 Å². The van der Waals surface area contributed by atoms with Gasteiger partial charge in [-0.15, -0.1) is 0 Å². The number of nitrogens with zero attached hydrogens (tertiary/aromatic N) is 3. The molecule has 4 nitrogen and oxygen atoms in total. The Bertz CT molecular complexity index is 383. The first kappa shape index (κ1) is 13.9. The molecular formula is C9H13F3N4S. The lowest BCUT2D eigenvalue weighted by Crippen LogP contribution is -2.23. The number of hydrogen-bond acceptors (Lipinski definition) is 5. The molecule has 0 bridgehead atoms. The molecule has 0 radical (unpaired) electrons. The first-order chi connectivity index (χ1) is 7.84. The predicted molar refractivity (Wildman–Crippen MR) is 63.1 cm³/mol. The largest absolute Gasteiger partial charge is 0.433 e. The van der Waals surface area contributed by atoms with Gasteiger partial charge in [-0.3, -0.25) is 0 Å². The Balaban J connectivity index is 2.97. The number of hydrogen-bond donors (Lipinski definition) is 1. The number of halogens is 3. The molecular weight excluding hydrogens is 253 g/mol. The molecule has 0 aliphatic carbocycles. The zero-order valence-electron chi connectivity index (χ0n) is 9.45. The van der Waals surface area contributed by atoms with E-state index in [1.165, 1.54) is 0 Å². The predicted octanol–water partition coefficient (Wildman–Crippen LogP) is 1.88. The van der Waals surface area contributed by atoms with Crippen LogP contribution < -0.4 is 10.6 Å². The molecule has 1 rings (SSSR count). The van der Waals surface area contributed by atoms with Crippen LogP contribution in [0.5, 0.6) is 0 Å². The molecule has 2 N–H and O–H groups in total. The molecule has 8 heteroatoms. The number of aromatic nitrogens is 2. The fourth-order valence-corrected chi connectivity index (χ4v) is 1.59. The first-order valence-corrected chi connectivity index (χ1v) is 6.16. The molecule has 0 atom stereocenters. The summed E-state index contributed by atoms with van der Waals surface area (Å²) in [7, 11) is 1.66. The zero-order chi connectivity index (χ0) is 13.1. The van der Waals surface area contributed by atoms with Gasteiger partial charge in [-0.1, -0.05) is 0 Å². The molecule has 96 valence electrons. The van der Waals surface area contributed by atoms with E-state index in [-0.39, 0.29) is 11.8 Å². The molecule has 1 aromatic rings. The summed E-state index contributed by atoms with van der Waals surface area (Å²) in [5, 5.41) is 0. The highest BCUT2D eigenvalue weighted by molar-refractivity contribution is 7.98. The van der Waals surface area contributed by atoms with Gasteiger partial charge in [-0.2, -0.15) is 29.9 Å². The second-order valence-electron chi connectivity index (χ2n) is 3.38. The average molecular weight is 266 g/mol. The smallest absolute Gasteiger partial charge is 0.368 e. The van der Waals surface area contributed by atoms with Gasteiger partial charge < -0.3 is 10.6 Å². The van der Waals surface area contributed by atoms with Crippen LogP contribution in [0.3, 0.4) is 0 Å². The summed E-state index contributed by atoms with van der Waals surface area (Å²) in [6, 6.07) is 0.899. The van der Waals surface area contributed by atoms with E-state index in [1.54, 1.807) is 23.7 Å². The lowest BCUT2D eigenvalue weighted by Gasteiger charge is -2.18. The van der Waals surface area contributed by atoms with Crippen molar-refractivity contribution in [3.8, 4) is 0 Å². The Kier molecular flexibility index (Phi) is 4.44. The van der Waals surface area contributed by atoms with Gasteiger partial charge in [0.15, 0.2) is 5.69 Å². The van der Waals surface area contributed by atoms with Gasteiger partial charge in [0, 0.05) is 25.4 Å². The highest BCUT2D eigenvalue weighted by Crippen LogP contribution is 2.29. The Hall–Kier alpha value is -1.18. The van der Waals surface area contributed by atoms with Crippen LogP contribution in [0.1, 0.15) is 5.69 Å². The number of alkyl halides is 3. The van der Waals surface area contributed by atoms with E-state index in [2.05, 4.69) is 9.97 Å². The lowest BCUT2D eigenvalue weighted by molar-refractivity contribution is -0.141. The van der Waals surface area contributed by atoms with Gasteiger partial charge in [0.1, 0.15) is 5.82 Å². The number of rotatable bonds is 4. The third-order valence-electron chi connectivity index (χ3n) is 2.04. The summed E-state index contributed by atoms with van der Waals surface area (Å²) in [6.45, 7) is 0.592. The van der Waals surface area contributed by atoms with Crippen molar-refractivity contribution in [2.24, 2.45) is 0 Å². The SMILES string of the molecule is CSCCN(C)c1cc(C(F)(F)F)nc(N)n1. The van der Waals surface area contributed by atoms with Crippen molar-refractivity contribution in [1.82, 2.24) is 9.97 Å². The maximum absolute atomic E-state index is 12.5. The number of nitrogen functional groups attached to an aromatic ring is 1. The first-order valence-electron chi connectivity index (χ1n) is 4.76. The quantitative estimate of drug-likeness (QED) is 0.901. The second-order valence-corrected chi connectivity index (χ2v) is 4.37. The standard InChI is InChI=1S/C9H13F3N4S/c1-16(3-4-17-2)7-5-6(9(10,11)12)14-8(13)15-7/h5H,3-4H2,1-2H3,(H2,13,14,15). The molecule has 0 saturated carbocycles. The Labute approximate surface area is 101 Å². The van der Waals surface area contributed by atoms with Crippen molar-refractivity contribution < 1.29 is 13.2 Å². The molecule has 0 amide bonds. The van der Waals surface area contributed by atoms with Gasteiger partial charge >= 0.3 is 6.18 Å². The van der Waals surface area contributed by atoms with Crippen molar-refractivity contribution in [2.45, 2.75) is 6.18 Å². The summed E-state index contributed by atoms with van der Waals surface area (Å²) in [5.74, 6) is 0.603. The van der Waals surface area contributed by atoms with Crippen LogP contribution >= 0.6 is 11.8 Å². The number of anilines is 2. The van der Waals surface area contributed by atoms with Crippen molar-refractivity contribution >= 4 is 23.5 Å². The van der Waals surface area contributed by atoms with Crippen molar-refractivity contribution in [1.29, 1.82) is 0 Å². The second kappa shape index (κ2) is 5.44. The van der Waals surface area contributed by atoms with E-state index in [9.17, 15) is 13.2 Å². The van der Waals surface area contributed by atoms with E-state index < -0.39 is 11.9 Å². The summed E-state index contributed by atoms with van der Waals surface area (Å²) >= 11 is 1.60. The summed E-state index contributed by atoms with van der Waals surface area (Å²) < 4.78 is 37.5. The highest BCUT2D eigenvalue weighted by Gasteiger charge is 2.33. The summed E-state index contributed by atoms with van der Waals surface area (Å²) in [6.07, 6.45) is -2.59. The van der Waals surface area contributed by atoms with Crippen LogP contribution in [0.15, 0.2) is 6.07 Å². The van der Waals surface area contributed by atoms with Gasteiger partial charge in [0.05, 0.1) is 0 Å². The minimum absolute atomic E-state index is 0.180. The minimum Gasteiger partial charge on any atom is -0.368 e. The van der Waals surface area contributed by atoms with Gasteiger partial charge in [0.25, 0.3) is 0 Å². The summed E-state index contributed by atoms with van der Waals surface area (Å²) in [4.78, 5) is 8.58. The molecule has 0 aliphatic heterocycles. The van der Waals surface area contributed by atoms with Crippen LogP contribution in [0.4, 0.5) is 24.9 Å². The fourth-order valence-electron chi connectivity index (χ4n) is 1.14. The molecule has 1 heterocycles. The van der Waals surface area contributed by atoms with E-state index in [4.69, 9.17) is 5.73 Å². The van der Waals surface area contributed by atoms with Crippen LogP contribution in [-0.2, 0) is 6.18 Å². The van der Waals surface area contributed by atoms with Crippen LogP contribution in [0, 0.1) is 0 Å². The normalized spacial score (nSPS) is 11.6. The van der Waals surface area contributed by atoms with Crippen LogP contribution in [0.25, 0.3) is 0 Å². The maximum Gasteiger partial charge on any atom is 0.433 e. The van der Waals surface area contributed by atoms with Gasteiger partial charge in [-0.05, 0) is 6.26 Å². The molecule has 0 aliphatic rings.